The molecule has 2 rings (SSSR count). The second kappa shape index (κ2) is 4.11. The number of ether oxygens (including phenoxy) is 1. The van der Waals surface area contributed by atoms with E-state index in [2.05, 4.69) is 24.3 Å². The quantitative estimate of drug-likeness (QED) is 0.772. The second-order valence-corrected chi connectivity index (χ2v) is 4.18. The highest BCUT2D eigenvalue weighted by molar-refractivity contribution is 5.18. The third-order valence-corrected chi connectivity index (χ3v) is 2.75. The average molecular weight is 191 g/mol. The number of hydrogen-bond donors (Lipinski definition) is 1. The van der Waals surface area contributed by atoms with Gasteiger partial charge in [-0.05, 0) is 24.8 Å². The molecule has 1 aliphatic heterocycles. The minimum Gasteiger partial charge on any atom is -0.380 e. The average Bonchev–Trinajstić information content (AvgIpc) is 2.19. The lowest BCUT2D eigenvalue weighted by Gasteiger charge is -2.33. The zero-order chi connectivity index (χ0) is 9.86. The molecule has 14 heavy (non-hydrogen) atoms. The van der Waals surface area contributed by atoms with Crippen molar-refractivity contribution in [2.24, 2.45) is 5.73 Å². The van der Waals surface area contributed by atoms with Crippen LogP contribution >= 0.6 is 0 Å². The molecule has 0 radical (unpaired) electrons. The van der Waals surface area contributed by atoms with E-state index in [0.29, 0.717) is 6.61 Å². The monoisotopic (exact) mass is 191 g/mol. The molecule has 0 aliphatic carbocycles. The maximum absolute atomic E-state index is 6.27. The van der Waals surface area contributed by atoms with Crippen LogP contribution in [0.25, 0.3) is 0 Å². The lowest BCUT2D eigenvalue weighted by molar-refractivity contribution is 0.0382. The Morgan fingerprint density at radius 1 is 1.29 bits per heavy atom. The van der Waals surface area contributed by atoms with Crippen molar-refractivity contribution in [2.75, 3.05) is 13.2 Å². The molecule has 1 saturated heterocycles. The minimum absolute atomic E-state index is 0.139. The standard InChI is InChI=1S/C12H17NO/c13-12(7-4-8-14-10-12)9-11-5-2-1-3-6-11/h1-3,5-6H,4,7-10,13H2. The van der Waals surface area contributed by atoms with Crippen LogP contribution in [0.4, 0.5) is 0 Å². The Balaban J connectivity index is 2.02. The first kappa shape index (κ1) is 9.69. The van der Waals surface area contributed by atoms with Crippen molar-refractivity contribution in [1.82, 2.24) is 0 Å². The van der Waals surface area contributed by atoms with Crippen molar-refractivity contribution in [2.45, 2.75) is 24.8 Å². The van der Waals surface area contributed by atoms with Gasteiger partial charge in [-0.3, -0.25) is 0 Å². The molecule has 2 heteroatoms. The Labute approximate surface area is 85.1 Å². The van der Waals surface area contributed by atoms with Crippen LogP contribution in [-0.2, 0) is 11.2 Å². The van der Waals surface area contributed by atoms with Crippen LogP contribution in [0.1, 0.15) is 18.4 Å². The van der Waals surface area contributed by atoms with E-state index in [1.807, 2.05) is 6.07 Å². The fourth-order valence-corrected chi connectivity index (χ4v) is 2.02. The molecule has 1 heterocycles. The van der Waals surface area contributed by atoms with Gasteiger partial charge in [0.25, 0.3) is 0 Å². The van der Waals surface area contributed by atoms with E-state index in [1.165, 1.54) is 5.56 Å². The van der Waals surface area contributed by atoms with E-state index in [-0.39, 0.29) is 5.54 Å². The Bertz CT molecular complexity index is 278. The molecular formula is C12H17NO. The van der Waals surface area contributed by atoms with Gasteiger partial charge in [0.1, 0.15) is 0 Å². The lowest BCUT2D eigenvalue weighted by atomic mass is 9.87. The van der Waals surface area contributed by atoms with Crippen molar-refractivity contribution >= 4 is 0 Å². The highest BCUT2D eigenvalue weighted by Gasteiger charge is 2.28. The maximum Gasteiger partial charge on any atom is 0.0649 e. The number of nitrogens with two attached hydrogens (primary N) is 1. The minimum atomic E-state index is -0.139. The summed E-state index contributed by atoms with van der Waals surface area (Å²) in [6, 6.07) is 10.4. The van der Waals surface area contributed by atoms with E-state index in [9.17, 15) is 0 Å². The molecule has 0 spiro atoms. The van der Waals surface area contributed by atoms with Crippen LogP contribution in [0, 0.1) is 0 Å². The molecule has 1 aromatic rings. The van der Waals surface area contributed by atoms with Crippen molar-refractivity contribution in [3.8, 4) is 0 Å². The van der Waals surface area contributed by atoms with Crippen LogP contribution in [-0.4, -0.2) is 18.8 Å². The van der Waals surface area contributed by atoms with E-state index >= 15 is 0 Å². The predicted molar refractivity (Wildman–Crippen MR) is 57.1 cm³/mol. The topological polar surface area (TPSA) is 35.2 Å². The lowest BCUT2D eigenvalue weighted by Crippen LogP contribution is -2.49. The van der Waals surface area contributed by atoms with Gasteiger partial charge in [0.2, 0.25) is 0 Å². The third kappa shape index (κ3) is 2.34. The Morgan fingerprint density at radius 2 is 2.07 bits per heavy atom. The summed E-state index contributed by atoms with van der Waals surface area (Å²) >= 11 is 0. The zero-order valence-corrected chi connectivity index (χ0v) is 8.41. The first-order valence-electron chi connectivity index (χ1n) is 5.19. The van der Waals surface area contributed by atoms with Crippen LogP contribution in [0.3, 0.4) is 0 Å². The number of rotatable bonds is 2. The van der Waals surface area contributed by atoms with Crippen molar-refractivity contribution in [3.63, 3.8) is 0 Å². The summed E-state index contributed by atoms with van der Waals surface area (Å²) in [5.74, 6) is 0. The van der Waals surface area contributed by atoms with Gasteiger partial charge in [-0.25, -0.2) is 0 Å². The zero-order valence-electron chi connectivity index (χ0n) is 8.41. The molecular weight excluding hydrogens is 174 g/mol. The smallest absolute Gasteiger partial charge is 0.0649 e. The summed E-state index contributed by atoms with van der Waals surface area (Å²) in [4.78, 5) is 0. The first-order valence-corrected chi connectivity index (χ1v) is 5.19. The maximum atomic E-state index is 6.27. The highest BCUT2D eigenvalue weighted by Crippen LogP contribution is 2.20. The fourth-order valence-electron chi connectivity index (χ4n) is 2.02. The summed E-state index contributed by atoms with van der Waals surface area (Å²) in [5, 5.41) is 0. The molecule has 76 valence electrons. The molecule has 1 fully saturated rings. The summed E-state index contributed by atoms with van der Waals surface area (Å²) in [6.45, 7) is 1.57. The van der Waals surface area contributed by atoms with Gasteiger partial charge in [-0.15, -0.1) is 0 Å². The molecule has 1 unspecified atom stereocenters. The third-order valence-electron chi connectivity index (χ3n) is 2.75. The van der Waals surface area contributed by atoms with E-state index in [0.717, 1.165) is 25.9 Å². The van der Waals surface area contributed by atoms with Gasteiger partial charge in [0, 0.05) is 12.1 Å². The van der Waals surface area contributed by atoms with Crippen LogP contribution < -0.4 is 5.73 Å². The molecule has 2 N–H and O–H groups in total. The molecule has 2 nitrogen and oxygen atoms in total. The van der Waals surface area contributed by atoms with Gasteiger partial charge in [0.15, 0.2) is 0 Å². The first-order chi connectivity index (χ1) is 6.79. The normalized spacial score (nSPS) is 27.5. The SMILES string of the molecule is NC1(Cc2ccccc2)CCCOC1. The van der Waals surface area contributed by atoms with Gasteiger partial charge < -0.3 is 10.5 Å². The summed E-state index contributed by atoms with van der Waals surface area (Å²) < 4.78 is 5.43. The van der Waals surface area contributed by atoms with Gasteiger partial charge in [-0.2, -0.15) is 0 Å². The van der Waals surface area contributed by atoms with Crippen molar-refractivity contribution < 1.29 is 4.74 Å². The van der Waals surface area contributed by atoms with Crippen molar-refractivity contribution in [3.05, 3.63) is 35.9 Å². The number of hydrogen-bond acceptors (Lipinski definition) is 2. The summed E-state index contributed by atoms with van der Waals surface area (Å²) in [7, 11) is 0. The molecule has 1 aromatic carbocycles. The van der Waals surface area contributed by atoms with Gasteiger partial charge in [0.05, 0.1) is 6.61 Å². The van der Waals surface area contributed by atoms with Crippen LogP contribution in [0.2, 0.25) is 0 Å². The summed E-state index contributed by atoms with van der Waals surface area (Å²) in [5.41, 5.74) is 7.43. The second-order valence-electron chi connectivity index (χ2n) is 4.18. The molecule has 0 bridgehead atoms. The molecule has 0 amide bonds. The number of benzene rings is 1. The highest BCUT2D eigenvalue weighted by atomic mass is 16.5. The Hall–Kier alpha value is -0.860. The summed E-state index contributed by atoms with van der Waals surface area (Å²) in [6.07, 6.45) is 3.08. The fraction of sp³-hybridized carbons (Fsp3) is 0.500. The van der Waals surface area contributed by atoms with E-state index in [4.69, 9.17) is 10.5 Å². The largest absolute Gasteiger partial charge is 0.380 e. The van der Waals surface area contributed by atoms with Gasteiger partial charge in [-0.1, -0.05) is 30.3 Å². The molecule has 0 aromatic heterocycles. The molecule has 1 aliphatic rings. The van der Waals surface area contributed by atoms with E-state index in [1.54, 1.807) is 0 Å². The van der Waals surface area contributed by atoms with Crippen LogP contribution in [0.5, 0.6) is 0 Å². The molecule has 0 saturated carbocycles. The molecule has 1 atom stereocenters. The van der Waals surface area contributed by atoms with Crippen LogP contribution in [0.15, 0.2) is 30.3 Å². The van der Waals surface area contributed by atoms with E-state index < -0.39 is 0 Å². The van der Waals surface area contributed by atoms with Crippen molar-refractivity contribution in [1.29, 1.82) is 0 Å². The Morgan fingerprint density at radius 3 is 2.71 bits per heavy atom. The predicted octanol–water partition coefficient (Wildman–Crippen LogP) is 1.74. The van der Waals surface area contributed by atoms with Gasteiger partial charge >= 0.3 is 0 Å². The Kier molecular flexibility index (Phi) is 2.85.